The Morgan fingerprint density at radius 2 is 1.81 bits per heavy atom. The molecule has 0 radical (unpaired) electrons. The van der Waals surface area contributed by atoms with Gasteiger partial charge in [0, 0.05) is 26.1 Å². The fourth-order valence-electron chi connectivity index (χ4n) is 2.55. The van der Waals surface area contributed by atoms with Crippen LogP contribution in [0.4, 0.5) is 0 Å². The van der Waals surface area contributed by atoms with Crippen LogP contribution in [0, 0.1) is 13.8 Å². The Morgan fingerprint density at radius 3 is 2.38 bits per heavy atom. The first-order chi connectivity index (χ1) is 9.86. The molecule has 0 aliphatic carbocycles. The number of hydrogen-bond donors (Lipinski definition) is 1. The molecule has 1 aliphatic rings. The summed E-state index contributed by atoms with van der Waals surface area (Å²) in [5, 5.41) is 2.68. The SMILES string of the molecule is COc1cc(C)c(S(=O)(=O)N2CCNC(=O)CC2)c(C)c1. The van der Waals surface area contributed by atoms with Crippen molar-refractivity contribution in [2.75, 3.05) is 26.7 Å². The fraction of sp³-hybridized carbons (Fsp3) is 0.500. The molecule has 1 aromatic carbocycles. The summed E-state index contributed by atoms with van der Waals surface area (Å²) in [7, 11) is -2.06. The topological polar surface area (TPSA) is 75.7 Å². The largest absolute Gasteiger partial charge is 0.497 e. The zero-order valence-corrected chi connectivity index (χ0v) is 13.3. The molecule has 1 heterocycles. The van der Waals surface area contributed by atoms with Crippen molar-refractivity contribution in [2.45, 2.75) is 25.2 Å². The van der Waals surface area contributed by atoms with Crippen LogP contribution < -0.4 is 10.1 Å². The molecule has 0 saturated carbocycles. The van der Waals surface area contributed by atoms with Crippen molar-refractivity contribution in [3.63, 3.8) is 0 Å². The second kappa shape index (κ2) is 6.03. The molecule has 1 saturated heterocycles. The van der Waals surface area contributed by atoms with E-state index in [9.17, 15) is 13.2 Å². The van der Waals surface area contributed by atoms with Crippen LogP contribution in [-0.4, -0.2) is 45.4 Å². The van der Waals surface area contributed by atoms with Crippen LogP contribution in [0.1, 0.15) is 17.5 Å². The number of sulfonamides is 1. The maximum atomic E-state index is 12.8. The number of aryl methyl sites for hydroxylation is 2. The van der Waals surface area contributed by atoms with E-state index < -0.39 is 10.0 Å². The van der Waals surface area contributed by atoms with Gasteiger partial charge in [-0.3, -0.25) is 4.79 Å². The van der Waals surface area contributed by atoms with Gasteiger partial charge in [0.05, 0.1) is 12.0 Å². The van der Waals surface area contributed by atoms with Gasteiger partial charge in [-0.2, -0.15) is 4.31 Å². The predicted molar refractivity (Wildman–Crippen MR) is 78.9 cm³/mol. The normalized spacial score (nSPS) is 17.2. The summed E-state index contributed by atoms with van der Waals surface area (Å²) in [5.74, 6) is 0.521. The maximum absolute atomic E-state index is 12.8. The molecule has 0 bridgehead atoms. The average molecular weight is 312 g/mol. The number of benzene rings is 1. The Hall–Kier alpha value is -1.60. The lowest BCUT2D eigenvalue weighted by Gasteiger charge is -2.22. The van der Waals surface area contributed by atoms with E-state index in [-0.39, 0.29) is 18.9 Å². The molecule has 21 heavy (non-hydrogen) atoms. The van der Waals surface area contributed by atoms with Crippen LogP contribution in [0.5, 0.6) is 5.75 Å². The maximum Gasteiger partial charge on any atom is 0.243 e. The molecule has 6 nitrogen and oxygen atoms in total. The minimum Gasteiger partial charge on any atom is -0.497 e. The number of carbonyl (C=O) groups is 1. The molecule has 1 fully saturated rings. The summed E-state index contributed by atoms with van der Waals surface area (Å²) in [6, 6.07) is 3.42. The van der Waals surface area contributed by atoms with E-state index in [2.05, 4.69) is 5.32 Å². The highest BCUT2D eigenvalue weighted by atomic mass is 32.2. The Labute approximate surface area is 125 Å². The van der Waals surface area contributed by atoms with Crippen LogP contribution in [-0.2, 0) is 14.8 Å². The van der Waals surface area contributed by atoms with Gasteiger partial charge in [-0.1, -0.05) is 0 Å². The van der Waals surface area contributed by atoms with Crippen LogP contribution in [0.15, 0.2) is 17.0 Å². The third-order valence-electron chi connectivity index (χ3n) is 3.54. The molecular formula is C14H20N2O4S. The third kappa shape index (κ3) is 3.19. The zero-order valence-electron chi connectivity index (χ0n) is 12.5. The second-order valence-electron chi connectivity index (χ2n) is 5.09. The number of carbonyl (C=O) groups excluding carboxylic acids is 1. The van der Waals surface area contributed by atoms with Gasteiger partial charge < -0.3 is 10.1 Å². The first kappa shape index (κ1) is 15.8. The number of amides is 1. The zero-order chi connectivity index (χ0) is 15.6. The van der Waals surface area contributed by atoms with E-state index >= 15 is 0 Å². The number of methoxy groups -OCH3 is 1. The summed E-state index contributed by atoms with van der Waals surface area (Å²) >= 11 is 0. The number of hydrogen-bond acceptors (Lipinski definition) is 4. The van der Waals surface area contributed by atoms with Crippen molar-refractivity contribution in [3.8, 4) is 5.75 Å². The van der Waals surface area contributed by atoms with Crippen molar-refractivity contribution < 1.29 is 17.9 Å². The first-order valence-corrected chi connectivity index (χ1v) is 8.22. The Balaban J connectivity index is 2.42. The van der Waals surface area contributed by atoms with Gasteiger partial charge in [-0.05, 0) is 37.1 Å². The van der Waals surface area contributed by atoms with Gasteiger partial charge in [0.1, 0.15) is 5.75 Å². The highest BCUT2D eigenvalue weighted by Gasteiger charge is 2.29. The second-order valence-corrected chi connectivity index (χ2v) is 6.97. The molecule has 2 rings (SSSR count). The molecule has 0 aromatic heterocycles. The molecule has 0 unspecified atom stereocenters. The Kier molecular flexibility index (Phi) is 4.53. The molecule has 1 N–H and O–H groups in total. The molecule has 1 amide bonds. The molecule has 0 spiro atoms. The molecule has 0 atom stereocenters. The quantitative estimate of drug-likeness (QED) is 0.897. The number of nitrogens with zero attached hydrogens (tertiary/aromatic N) is 1. The Morgan fingerprint density at radius 1 is 1.19 bits per heavy atom. The highest BCUT2D eigenvalue weighted by Crippen LogP contribution is 2.28. The van der Waals surface area contributed by atoms with Crippen molar-refractivity contribution in [1.29, 1.82) is 0 Å². The van der Waals surface area contributed by atoms with Crippen molar-refractivity contribution in [3.05, 3.63) is 23.3 Å². The first-order valence-electron chi connectivity index (χ1n) is 6.78. The third-order valence-corrected chi connectivity index (χ3v) is 5.74. The van der Waals surface area contributed by atoms with Crippen LogP contribution in [0.3, 0.4) is 0 Å². The van der Waals surface area contributed by atoms with E-state index in [1.807, 2.05) is 0 Å². The number of rotatable bonds is 3. The van der Waals surface area contributed by atoms with Gasteiger partial charge in [0.15, 0.2) is 0 Å². The average Bonchev–Trinajstić information content (AvgIpc) is 2.62. The smallest absolute Gasteiger partial charge is 0.243 e. The fourth-order valence-corrected chi connectivity index (χ4v) is 4.40. The van der Waals surface area contributed by atoms with Gasteiger partial charge in [0.25, 0.3) is 0 Å². The minimum atomic E-state index is -3.61. The summed E-state index contributed by atoms with van der Waals surface area (Å²) in [4.78, 5) is 11.7. The number of nitrogens with one attached hydrogen (secondary N) is 1. The molecule has 7 heteroatoms. The van der Waals surface area contributed by atoms with E-state index in [0.717, 1.165) is 0 Å². The molecule has 1 aliphatic heterocycles. The lowest BCUT2D eigenvalue weighted by atomic mass is 10.1. The molecular weight excluding hydrogens is 292 g/mol. The van der Waals surface area contributed by atoms with Crippen LogP contribution in [0.25, 0.3) is 0 Å². The lowest BCUT2D eigenvalue weighted by Crippen LogP contribution is -2.35. The lowest BCUT2D eigenvalue weighted by molar-refractivity contribution is -0.120. The number of ether oxygens (including phenoxy) is 1. The van der Waals surface area contributed by atoms with Crippen molar-refractivity contribution in [2.24, 2.45) is 0 Å². The summed E-state index contributed by atoms with van der Waals surface area (Å²) < 4.78 is 32.2. The van der Waals surface area contributed by atoms with Crippen LogP contribution in [0.2, 0.25) is 0 Å². The monoisotopic (exact) mass is 312 g/mol. The van der Waals surface area contributed by atoms with E-state index in [1.54, 1.807) is 33.1 Å². The van der Waals surface area contributed by atoms with Crippen LogP contribution >= 0.6 is 0 Å². The summed E-state index contributed by atoms with van der Waals surface area (Å²) in [6.07, 6.45) is 0.188. The highest BCUT2D eigenvalue weighted by molar-refractivity contribution is 7.89. The minimum absolute atomic E-state index is 0.115. The standard InChI is InChI=1S/C14H20N2O4S/c1-10-8-12(20-3)9-11(2)14(10)21(18,19)16-6-4-13(17)15-5-7-16/h8-9H,4-7H2,1-3H3,(H,15,17). The van der Waals surface area contributed by atoms with Crippen molar-refractivity contribution >= 4 is 15.9 Å². The summed E-state index contributed by atoms with van der Waals surface area (Å²) in [5.41, 5.74) is 1.30. The van der Waals surface area contributed by atoms with Crippen molar-refractivity contribution in [1.82, 2.24) is 9.62 Å². The molecule has 1 aromatic rings. The van der Waals surface area contributed by atoms with E-state index in [0.29, 0.717) is 34.9 Å². The molecule has 116 valence electrons. The summed E-state index contributed by atoms with van der Waals surface area (Å²) in [6.45, 7) is 4.34. The van der Waals surface area contributed by atoms with Gasteiger partial charge >= 0.3 is 0 Å². The van der Waals surface area contributed by atoms with E-state index in [1.165, 1.54) is 4.31 Å². The van der Waals surface area contributed by atoms with Gasteiger partial charge in [0.2, 0.25) is 15.9 Å². The van der Waals surface area contributed by atoms with E-state index in [4.69, 9.17) is 4.74 Å². The van der Waals surface area contributed by atoms with Gasteiger partial charge in [-0.25, -0.2) is 8.42 Å². The Bertz CT molecular complexity index is 632. The predicted octanol–water partition coefficient (Wildman–Crippen LogP) is 0.823. The van der Waals surface area contributed by atoms with Gasteiger partial charge in [-0.15, -0.1) is 0 Å².